The molecule has 0 aromatic heterocycles. The summed E-state index contributed by atoms with van der Waals surface area (Å²) in [6.45, 7) is 0. The molecule has 0 bridgehead atoms. The highest BCUT2D eigenvalue weighted by Gasteiger charge is 2.17. The Morgan fingerprint density at radius 3 is 2.46 bits per heavy atom. The molecule has 0 spiro atoms. The molecule has 13 heavy (non-hydrogen) atoms. The predicted molar refractivity (Wildman–Crippen MR) is 48.7 cm³/mol. The highest BCUT2D eigenvalue weighted by Crippen LogP contribution is 2.24. The molecule has 1 unspecified atom stereocenters. The Morgan fingerprint density at radius 1 is 1.38 bits per heavy atom. The summed E-state index contributed by atoms with van der Waals surface area (Å²) in [5.74, 6) is -1.54. The summed E-state index contributed by atoms with van der Waals surface area (Å²) in [7, 11) is 5.56. The van der Waals surface area contributed by atoms with E-state index in [1.165, 1.54) is 12.2 Å². The van der Waals surface area contributed by atoms with Crippen molar-refractivity contribution < 1.29 is 9.59 Å². The van der Waals surface area contributed by atoms with Gasteiger partial charge in [-0.3, -0.25) is 9.59 Å². The molecule has 1 atom stereocenters. The van der Waals surface area contributed by atoms with Crippen LogP contribution in [-0.4, -0.2) is 19.7 Å². The summed E-state index contributed by atoms with van der Waals surface area (Å²) in [5.41, 5.74) is 10.7. The van der Waals surface area contributed by atoms with Crippen molar-refractivity contribution in [2.75, 3.05) is 0 Å². The van der Waals surface area contributed by atoms with Crippen LogP contribution in [0.2, 0.25) is 5.82 Å². The van der Waals surface area contributed by atoms with Crippen molar-refractivity contribution in [2.45, 2.75) is 12.2 Å². The number of carbonyl (C=O) groups excluding carboxylic acids is 2. The Hall–Kier alpha value is -1.52. The van der Waals surface area contributed by atoms with Crippen LogP contribution in [0.15, 0.2) is 23.3 Å². The zero-order valence-corrected chi connectivity index (χ0v) is 6.99. The fraction of sp³-hybridized carbons (Fsp3) is 0.250. The fourth-order valence-electron chi connectivity index (χ4n) is 1.16. The minimum absolute atomic E-state index is 0.243. The molecule has 0 aromatic carbocycles. The van der Waals surface area contributed by atoms with Crippen molar-refractivity contribution in [3.05, 3.63) is 23.3 Å². The molecule has 1 aliphatic carbocycles. The van der Waals surface area contributed by atoms with Crippen LogP contribution in [0.3, 0.4) is 0 Å². The van der Waals surface area contributed by atoms with Crippen LogP contribution in [0, 0.1) is 0 Å². The van der Waals surface area contributed by atoms with Gasteiger partial charge in [0.15, 0.2) is 0 Å². The van der Waals surface area contributed by atoms with E-state index in [9.17, 15) is 9.59 Å². The smallest absolute Gasteiger partial charge is 0.248 e. The van der Waals surface area contributed by atoms with E-state index in [-0.39, 0.29) is 11.4 Å². The molecule has 1 aliphatic rings. The maximum absolute atomic E-state index is 10.8. The monoisotopic (exact) mass is 176 g/mol. The SMILES string of the molecule is [B]C1C=C(C(N)=O)C=C(C(N)=O)C1. The molecule has 0 heterocycles. The lowest BCUT2D eigenvalue weighted by atomic mass is 9.77. The molecule has 0 saturated heterocycles. The van der Waals surface area contributed by atoms with Crippen molar-refractivity contribution in [3.8, 4) is 0 Å². The van der Waals surface area contributed by atoms with Gasteiger partial charge in [-0.25, -0.2) is 0 Å². The normalized spacial score (nSPS) is 21.7. The molecule has 0 fully saturated rings. The first-order valence-corrected chi connectivity index (χ1v) is 3.78. The van der Waals surface area contributed by atoms with Gasteiger partial charge in [-0.05, 0) is 12.5 Å². The molecule has 2 radical (unpaired) electrons. The quantitative estimate of drug-likeness (QED) is 0.538. The summed E-state index contributed by atoms with van der Waals surface area (Å²) >= 11 is 0. The third-order valence-corrected chi connectivity index (χ3v) is 1.78. The van der Waals surface area contributed by atoms with Crippen molar-refractivity contribution >= 4 is 19.7 Å². The highest BCUT2D eigenvalue weighted by molar-refractivity contribution is 6.15. The van der Waals surface area contributed by atoms with Crippen LogP contribution in [0.1, 0.15) is 6.42 Å². The van der Waals surface area contributed by atoms with Gasteiger partial charge in [0.05, 0.1) is 7.85 Å². The Kier molecular flexibility index (Phi) is 2.56. The first kappa shape index (κ1) is 9.57. The number of nitrogens with two attached hydrogens (primary N) is 2. The largest absolute Gasteiger partial charge is 0.366 e. The number of hydrogen-bond donors (Lipinski definition) is 2. The molecule has 0 aromatic rings. The van der Waals surface area contributed by atoms with E-state index in [2.05, 4.69) is 0 Å². The molecule has 2 amide bonds. The maximum atomic E-state index is 10.8. The second-order valence-corrected chi connectivity index (χ2v) is 2.89. The van der Waals surface area contributed by atoms with Crippen LogP contribution >= 0.6 is 0 Å². The number of allylic oxidation sites excluding steroid dienone is 1. The van der Waals surface area contributed by atoms with Gasteiger partial charge in [0.1, 0.15) is 0 Å². The lowest BCUT2D eigenvalue weighted by molar-refractivity contribution is -0.114. The number of hydrogen-bond acceptors (Lipinski definition) is 2. The maximum Gasteiger partial charge on any atom is 0.248 e. The van der Waals surface area contributed by atoms with Crippen LogP contribution in [0.25, 0.3) is 0 Å². The predicted octanol–water partition coefficient (Wildman–Crippen LogP) is -0.830. The van der Waals surface area contributed by atoms with Gasteiger partial charge >= 0.3 is 0 Å². The fourth-order valence-corrected chi connectivity index (χ4v) is 1.16. The molecule has 0 aliphatic heterocycles. The molecule has 5 heteroatoms. The highest BCUT2D eigenvalue weighted by atomic mass is 16.1. The van der Waals surface area contributed by atoms with Gasteiger partial charge in [-0.2, -0.15) is 0 Å². The minimum atomic E-state index is -0.603. The minimum Gasteiger partial charge on any atom is -0.366 e. The molecule has 66 valence electrons. The van der Waals surface area contributed by atoms with Crippen molar-refractivity contribution in [1.29, 1.82) is 0 Å². The van der Waals surface area contributed by atoms with E-state index >= 15 is 0 Å². The van der Waals surface area contributed by atoms with Crippen LogP contribution in [-0.2, 0) is 9.59 Å². The van der Waals surface area contributed by atoms with Crippen molar-refractivity contribution in [3.63, 3.8) is 0 Å². The Labute approximate surface area is 77.1 Å². The first-order chi connectivity index (χ1) is 6.00. The second-order valence-electron chi connectivity index (χ2n) is 2.89. The third kappa shape index (κ3) is 2.21. The van der Waals surface area contributed by atoms with Crippen LogP contribution < -0.4 is 11.5 Å². The van der Waals surface area contributed by atoms with Gasteiger partial charge < -0.3 is 11.5 Å². The summed E-state index contributed by atoms with van der Waals surface area (Å²) in [4.78, 5) is 21.6. The number of carbonyl (C=O) groups is 2. The second kappa shape index (κ2) is 3.47. The average molecular weight is 176 g/mol. The van der Waals surface area contributed by atoms with E-state index in [4.69, 9.17) is 19.3 Å². The molecule has 4 N–H and O–H groups in total. The molecule has 0 saturated carbocycles. The molecule has 1 rings (SSSR count). The zero-order chi connectivity index (χ0) is 10.0. The molecular formula is C8H9BN2O2. The lowest BCUT2D eigenvalue weighted by Crippen LogP contribution is -2.21. The summed E-state index contributed by atoms with van der Waals surface area (Å²) in [6.07, 6.45) is 3.26. The number of primary amides is 2. The Bertz CT molecular complexity index is 320. The van der Waals surface area contributed by atoms with Gasteiger partial charge in [0, 0.05) is 11.1 Å². The molecular weight excluding hydrogens is 167 g/mol. The zero-order valence-electron chi connectivity index (χ0n) is 6.99. The van der Waals surface area contributed by atoms with E-state index < -0.39 is 11.8 Å². The van der Waals surface area contributed by atoms with Crippen LogP contribution in [0.4, 0.5) is 0 Å². The summed E-state index contributed by atoms with van der Waals surface area (Å²) in [5, 5.41) is 0. The topological polar surface area (TPSA) is 86.2 Å². The summed E-state index contributed by atoms with van der Waals surface area (Å²) < 4.78 is 0. The van der Waals surface area contributed by atoms with E-state index in [1.54, 1.807) is 0 Å². The average Bonchev–Trinajstić information content (AvgIpc) is 2.03. The van der Waals surface area contributed by atoms with Crippen molar-refractivity contribution in [1.82, 2.24) is 0 Å². The van der Waals surface area contributed by atoms with Gasteiger partial charge in [0.2, 0.25) is 11.8 Å². The van der Waals surface area contributed by atoms with Gasteiger partial charge in [-0.1, -0.05) is 11.9 Å². The van der Waals surface area contributed by atoms with Gasteiger partial charge in [0.25, 0.3) is 0 Å². The van der Waals surface area contributed by atoms with Gasteiger partial charge in [-0.15, -0.1) is 0 Å². The summed E-state index contributed by atoms with van der Waals surface area (Å²) in [6, 6.07) is 0. The van der Waals surface area contributed by atoms with E-state index in [1.807, 2.05) is 0 Å². The molecule has 4 nitrogen and oxygen atoms in total. The van der Waals surface area contributed by atoms with Crippen molar-refractivity contribution in [2.24, 2.45) is 11.5 Å². The number of amides is 2. The third-order valence-electron chi connectivity index (χ3n) is 1.78. The van der Waals surface area contributed by atoms with E-state index in [0.29, 0.717) is 12.0 Å². The Morgan fingerprint density at radius 2 is 2.00 bits per heavy atom. The lowest BCUT2D eigenvalue weighted by Gasteiger charge is -2.15. The van der Waals surface area contributed by atoms with E-state index in [0.717, 1.165) is 0 Å². The number of rotatable bonds is 2. The van der Waals surface area contributed by atoms with Crippen LogP contribution in [0.5, 0.6) is 0 Å². The first-order valence-electron chi connectivity index (χ1n) is 3.78. The Balaban J connectivity index is 2.98. The standard InChI is InChI=1S/C8H9BN2O2/c9-6-2-4(7(10)12)1-5(3-6)8(11)13/h1-2,6H,3H2,(H2,10,12)(H2,11,13).